The van der Waals surface area contributed by atoms with E-state index in [0.29, 0.717) is 12.6 Å². The minimum Gasteiger partial charge on any atom is -0.355 e. The molecule has 2 aliphatic carbocycles. The highest BCUT2D eigenvalue weighted by atomic mass is 16.2. The largest absolute Gasteiger partial charge is 0.355 e. The van der Waals surface area contributed by atoms with Crippen LogP contribution in [0.15, 0.2) is 4.99 Å². The maximum absolute atomic E-state index is 12.7. The zero-order chi connectivity index (χ0) is 17.7. The highest BCUT2D eigenvalue weighted by Crippen LogP contribution is 2.39. The van der Waals surface area contributed by atoms with Crippen LogP contribution in [0, 0.1) is 17.3 Å². The number of nitrogens with zero attached hydrogens (tertiary/aromatic N) is 2. The van der Waals surface area contributed by atoms with E-state index in [2.05, 4.69) is 29.5 Å². The van der Waals surface area contributed by atoms with Gasteiger partial charge in [-0.15, -0.1) is 0 Å². The van der Waals surface area contributed by atoms with Gasteiger partial charge in [0.25, 0.3) is 0 Å². The van der Waals surface area contributed by atoms with Crippen molar-refractivity contribution < 1.29 is 4.79 Å². The van der Waals surface area contributed by atoms with E-state index in [1.54, 1.807) is 4.90 Å². The van der Waals surface area contributed by atoms with Gasteiger partial charge >= 0.3 is 0 Å². The molecule has 0 aliphatic heterocycles. The Morgan fingerprint density at radius 2 is 1.71 bits per heavy atom. The highest BCUT2D eigenvalue weighted by Gasteiger charge is 2.42. The van der Waals surface area contributed by atoms with Crippen molar-refractivity contribution in [3.8, 4) is 0 Å². The van der Waals surface area contributed by atoms with Crippen LogP contribution in [-0.4, -0.2) is 50.5 Å². The summed E-state index contributed by atoms with van der Waals surface area (Å²) in [5, 5.41) is 7.05. The molecule has 0 heterocycles. The van der Waals surface area contributed by atoms with E-state index < -0.39 is 0 Å². The minimum atomic E-state index is -0.256. The highest BCUT2D eigenvalue weighted by molar-refractivity contribution is 5.85. The van der Waals surface area contributed by atoms with E-state index in [1.807, 2.05) is 21.1 Å². The molecule has 0 bridgehead atoms. The third-order valence-electron chi connectivity index (χ3n) is 5.76. The van der Waals surface area contributed by atoms with Gasteiger partial charge in [-0.25, -0.2) is 0 Å². The summed E-state index contributed by atoms with van der Waals surface area (Å²) in [5.74, 6) is 2.63. The standard InChI is InChI=1S/C19H36N4O/c1-14-10-15(2)12-16(11-14)22-18(20-3)21-13-19(8-6-7-9-19)17(24)23(4)5/h14-16H,6-13H2,1-5H3,(H2,20,21,22). The Morgan fingerprint density at radius 3 is 2.21 bits per heavy atom. The van der Waals surface area contributed by atoms with E-state index in [0.717, 1.165) is 43.5 Å². The first kappa shape index (κ1) is 19.1. The predicted molar refractivity (Wildman–Crippen MR) is 100 cm³/mol. The molecule has 2 aliphatic rings. The zero-order valence-electron chi connectivity index (χ0n) is 16.2. The van der Waals surface area contributed by atoms with Crippen molar-refractivity contribution in [2.45, 2.75) is 64.8 Å². The summed E-state index contributed by atoms with van der Waals surface area (Å²) in [7, 11) is 5.54. The van der Waals surface area contributed by atoms with Crippen molar-refractivity contribution in [1.82, 2.24) is 15.5 Å². The molecule has 5 heteroatoms. The van der Waals surface area contributed by atoms with Crippen LogP contribution in [0.3, 0.4) is 0 Å². The number of nitrogens with one attached hydrogen (secondary N) is 2. The van der Waals surface area contributed by atoms with Gasteiger partial charge in [-0.3, -0.25) is 9.79 Å². The molecule has 0 radical (unpaired) electrons. The Kier molecular flexibility index (Phi) is 6.53. The van der Waals surface area contributed by atoms with Crippen molar-refractivity contribution in [3.63, 3.8) is 0 Å². The van der Waals surface area contributed by atoms with E-state index in [9.17, 15) is 4.79 Å². The van der Waals surface area contributed by atoms with Gasteiger partial charge in [-0.2, -0.15) is 0 Å². The van der Waals surface area contributed by atoms with Crippen molar-refractivity contribution in [3.05, 3.63) is 0 Å². The summed E-state index contributed by atoms with van der Waals surface area (Å²) in [6.45, 7) is 5.36. The van der Waals surface area contributed by atoms with Crippen molar-refractivity contribution >= 4 is 11.9 Å². The third-order valence-corrected chi connectivity index (χ3v) is 5.76. The number of carbonyl (C=O) groups is 1. The van der Waals surface area contributed by atoms with Crippen LogP contribution < -0.4 is 10.6 Å². The van der Waals surface area contributed by atoms with E-state index in [4.69, 9.17) is 0 Å². The molecule has 0 aromatic rings. The molecular formula is C19H36N4O. The molecule has 2 atom stereocenters. The van der Waals surface area contributed by atoms with Crippen LogP contribution in [0.4, 0.5) is 0 Å². The van der Waals surface area contributed by atoms with Crippen LogP contribution in [0.5, 0.6) is 0 Å². The summed E-state index contributed by atoms with van der Waals surface area (Å²) >= 11 is 0. The number of hydrogen-bond donors (Lipinski definition) is 2. The molecule has 138 valence electrons. The van der Waals surface area contributed by atoms with Gasteiger partial charge in [-0.1, -0.05) is 26.7 Å². The topological polar surface area (TPSA) is 56.7 Å². The summed E-state index contributed by atoms with van der Waals surface area (Å²) in [4.78, 5) is 18.8. The fourth-order valence-corrected chi connectivity index (χ4v) is 4.70. The maximum atomic E-state index is 12.7. The molecule has 2 rings (SSSR count). The van der Waals surface area contributed by atoms with Gasteiger partial charge < -0.3 is 15.5 Å². The molecule has 0 saturated heterocycles. The Morgan fingerprint density at radius 1 is 1.12 bits per heavy atom. The van der Waals surface area contributed by atoms with E-state index in [1.165, 1.54) is 19.3 Å². The summed E-state index contributed by atoms with van der Waals surface area (Å²) in [5.41, 5.74) is -0.256. The number of carbonyl (C=O) groups excluding carboxylic acids is 1. The van der Waals surface area contributed by atoms with Crippen molar-refractivity contribution in [2.24, 2.45) is 22.2 Å². The van der Waals surface area contributed by atoms with Crippen LogP contribution in [-0.2, 0) is 4.79 Å². The van der Waals surface area contributed by atoms with Gasteiger partial charge in [0.1, 0.15) is 0 Å². The average molecular weight is 337 g/mol. The van der Waals surface area contributed by atoms with E-state index >= 15 is 0 Å². The number of hydrogen-bond acceptors (Lipinski definition) is 2. The quantitative estimate of drug-likeness (QED) is 0.613. The Balaban J connectivity index is 1.93. The molecule has 0 spiro atoms. The fourth-order valence-electron chi connectivity index (χ4n) is 4.70. The SMILES string of the molecule is CN=C(NCC1(C(=O)N(C)C)CCCC1)NC1CC(C)CC(C)C1. The van der Waals surface area contributed by atoms with E-state index in [-0.39, 0.29) is 11.3 Å². The first-order valence-electron chi connectivity index (χ1n) is 9.55. The third kappa shape index (κ3) is 4.64. The first-order chi connectivity index (χ1) is 11.4. The predicted octanol–water partition coefficient (Wildman–Crippen LogP) is 2.62. The maximum Gasteiger partial charge on any atom is 0.230 e. The van der Waals surface area contributed by atoms with Crippen molar-refractivity contribution in [2.75, 3.05) is 27.7 Å². The fraction of sp³-hybridized carbons (Fsp3) is 0.895. The molecule has 2 unspecified atom stereocenters. The lowest BCUT2D eigenvalue weighted by Crippen LogP contribution is -2.51. The van der Waals surface area contributed by atoms with Gasteiger partial charge in [-0.05, 0) is 43.9 Å². The minimum absolute atomic E-state index is 0.253. The zero-order valence-corrected chi connectivity index (χ0v) is 16.2. The van der Waals surface area contributed by atoms with Crippen molar-refractivity contribution in [1.29, 1.82) is 0 Å². The number of guanidine groups is 1. The Labute approximate surface area is 147 Å². The average Bonchev–Trinajstić information content (AvgIpc) is 2.99. The van der Waals surface area contributed by atoms with Gasteiger partial charge in [0.05, 0.1) is 5.41 Å². The molecule has 2 N–H and O–H groups in total. The van der Waals surface area contributed by atoms with Crippen LogP contribution in [0.1, 0.15) is 58.8 Å². The Bertz CT molecular complexity index is 444. The van der Waals surface area contributed by atoms with Gasteiger partial charge in [0, 0.05) is 33.7 Å². The summed E-state index contributed by atoms with van der Waals surface area (Å²) in [6.07, 6.45) is 7.97. The molecule has 1 amide bonds. The second kappa shape index (κ2) is 8.21. The lowest BCUT2D eigenvalue weighted by atomic mass is 9.80. The first-order valence-corrected chi connectivity index (χ1v) is 9.55. The van der Waals surface area contributed by atoms with Gasteiger partial charge in [0.2, 0.25) is 5.91 Å². The number of rotatable bonds is 4. The smallest absolute Gasteiger partial charge is 0.230 e. The monoisotopic (exact) mass is 336 g/mol. The number of amides is 1. The molecular weight excluding hydrogens is 300 g/mol. The molecule has 0 aromatic carbocycles. The lowest BCUT2D eigenvalue weighted by Gasteiger charge is -2.34. The van der Waals surface area contributed by atoms with Crippen LogP contribution >= 0.6 is 0 Å². The second-order valence-electron chi connectivity index (χ2n) is 8.37. The normalized spacial score (nSPS) is 30.0. The second-order valence-corrected chi connectivity index (χ2v) is 8.37. The molecule has 24 heavy (non-hydrogen) atoms. The summed E-state index contributed by atoms with van der Waals surface area (Å²) < 4.78 is 0. The van der Waals surface area contributed by atoms with Crippen LogP contribution in [0.25, 0.3) is 0 Å². The number of aliphatic imine (C=N–C) groups is 1. The molecule has 0 aromatic heterocycles. The van der Waals surface area contributed by atoms with Crippen LogP contribution in [0.2, 0.25) is 0 Å². The summed E-state index contributed by atoms with van der Waals surface area (Å²) in [6, 6.07) is 0.485. The Hall–Kier alpha value is -1.26. The molecule has 5 nitrogen and oxygen atoms in total. The molecule has 2 fully saturated rings. The van der Waals surface area contributed by atoms with Gasteiger partial charge in [0.15, 0.2) is 5.96 Å². The lowest BCUT2D eigenvalue weighted by molar-refractivity contribution is -0.138. The molecule has 2 saturated carbocycles.